The Morgan fingerprint density at radius 2 is 1.18 bits per heavy atom. The van der Waals surface area contributed by atoms with Gasteiger partial charge in [-0.05, 0) is 40.5 Å². The second kappa shape index (κ2) is 8.18. The topological polar surface area (TPSA) is 4.44 Å². The minimum absolute atomic E-state index is 0.765. The third-order valence-corrected chi connectivity index (χ3v) is 3.55. The quantitative estimate of drug-likeness (QED) is 0.384. The van der Waals surface area contributed by atoms with Crippen molar-refractivity contribution >= 4 is 7.81 Å². The summed E-state index contributed by atoms with van der Waals surface area (Å²) >= 11 is 0. The average Bonchev–Trinajstić information content (AvgIpc) is 2.24. The van der Waals surface area contributed by atoms with E-state index < -0.39 is 7.81 Å². The van der Waals surface area contributed by atoms with E-state index in [4.69, 9.17) is 0 Å². The molecule has 0 aromatic heterocycles. The summed E-state index contributed by atoms with van der Waals surface area (Å²) in [5.41, 5.74) is 0. The molecule has 0 aliphatic rings. The zero-order chi connectivity index (χ0) is 18.3. The summed E-state index contributed by atoms with van der Waals surface area (Å²) in [6.45, 7) is 15.4. The van der Waals surface area contributed by atoms with Crippen LogP contribution in [0.2, 0.25) is 0 Å². The number of hydrogen-bond donors (Lipinski definition) is 1. The van der Waals surface area contributed by atoms with Crippen molar-refractivity contribution in [3.05, 3.63) is 0 Å². The normalized spacial score (nSPS) is 17.0. The molecule has 0 spiro atoms. The molecule has 0 aliphatic heterocycles. The van der Waals surface area contributed by atoms with Crippen molar-refractivity contribution in [1.29, 1.82) is 0 Å². The summed E-state index contributed by atoms with van der Waals surface area (Å²) in [5.74, 6) is 0.935. The molecule has 0 radical (unpaired) electrons. The molecular formula is C14H32F6NP. The van der Waals surface area contributed by atoms with Gasteiger partial charge in [0.15, 0.2) is 0 Å². The van der Waals surface area contributed by atoms with Crippen molar-refractivity contribution in [3.63, 3.8) is 0 Å². The first-order valence-corrected chi connectivity index (χ1v) is 9.92. The van der Waals surface area contributed by atoms with Crippen LogP contribution in [0.3, 0.4) is 0 Å². The monoisotopic (exact) mass is 359 g/mol. The van der Waals surface area contributed by atoms with Crippen molar-refractivity contribution in [2.75, 3.05) is 6.54 Å². The Kier molecular flexibility index (Phi) is 9.01. The van der Waals surface area contributed by atoms with Crippen LogP contribution >= 0.6 is 7.81 Å². The van der Waals surface area contributed by atoms with Crippen molar-refractivity contribution in [2.45, 2.75) is 79.3 Å². The van der Waals surface area contributed by atoms with Crippen LogP contribution in [-0.4, -0.2) is 18.6 Å². The Morgan fingerprint density at radius 1 is 0.818 bits per heavy atom. The molecule has 0 rings (SSSR count). The molecule has 22 heavy (non-hydrogen) atoms. The SMILES string of the molecule is CCCCC(CC)C[NH+](C(C)C)C(C)C.F[P-](F)(F)(F)(F)F. The number of rotatable bonds is 8. The first-order chi connectivity index (χ1) is 9.47. The van der Waals surface area contributed by atoms with Gasteiger partial charge in [-0.1, -0.05) is 26.7 Å². The van der Waals surface area contributed by atoms with E-state index in [9.17, 15) is 25.2 Å². The molecule has 0 aromatic carbocycles. The molecule has 0 heterocycles. The molecule has 8 heteroatoms. The van der Waals surface area contributed by atoms with Crippen LogP contribution in [0.25, 0.3) is 0 Å². The van der Waals surface area contributed by atoms with E-state index in [1.807, 2.05) is 0 Å². The predicted molar refractivity (Wildman–Crippen MR) is 83.0 cm³/mol. The van der Waals surface area contributed by atoms with Crippen LogP contribution < -0.4 is 4.90 Å². The van der Waals surface area contributed by atoms with Crippen LogP contribution in [0.15, 0.2) is 0 Å². The number of quaternary nitrogens is 1. The van der Waals surface area contributed by atoms with Gasteiger partial charge in [0.25, 0.3) is 0 Å². The van der Waals surface area contributed by atoms with Gasteiger partial charge < -0.3 is 4.90 Å². The number of halogens is 6. The molecule has 0 saturated heterocycles. The number of unbranched alkanes of at least 4 members (excludes halogenated alkanes) is 1. The fourth-order valence-corrected chi connectivity index (χ4v) is 2.41. The van der Waals surface area contributed by atoms with E-state index in [1.165, 1.54) is 32.2 Å². The molecule has 1 nitrogen and oxygen atoms in total. The standard InChI is InChI=1S/C14H31N.F6P/c1-7-9-10-14(8-2)11-15(12(3)4)13(5)6;1-7(2,3,4,5)6/h12-14H,7-11H2,1-6H3;/q;-1/p+1. The second-order valence-corrected chi connectivity index (χ2v) is 8.38. The van der Waals surface area contributed by atoms with Crippen molar-refractivity contribution in [2.24, 2.45) is 5.92 Å². The summed E-state index contributed by atoms with van der Waals surface area (Å²) in [5, 5.41) is 0. The van der Waals surface area contributed by atoms with Crippen LogP contribution in [0.4, 0.5) is 25.2 Å². The van der Waals surface area contributed by atoms with Gasteiger partial charge in [-0.25, -0.2) is 0 Å². The van der Waals surface area contributed by atoms with Gasteiger partial charge in [0.1, 0.15) is 0 Å². The summed E-state index contributed by atoms with van der Waals surface area (Å²) in [6, 6.07) is 1.53. The van der Waals surface area contributed by atoms with Gasteiger partial charge in [0.05, 0.1) is 18.6 Å². The molecule has 0 aromatic rings. The van der Waals surface area contributed by atoms with E-state index in [0.717, 1.165) is 18.0 Å². The second-order valence-electron chi connectivity index (χ2n) is 6.46. The zero-order valence-electron chi connectivity index (χ0n) is 14.5. The third kappa shape index (κ3) is 22.3. The van der Waals surface area contributed by atoms with Crippen molar-refractivity contribution < 1.29 is 30.1 Å². The molecule has 1 unspecified atom stereocenters. The molecule has 0 aliphatic carbocycles. The Morgan fingerprint density at radius 3 is 1.41 bits per heavy atom. The summed E-state index contributed by atoms with van der Waals surface area (Å²) in [6.07, 6.45) is 5.52. The van der Waals surface area contributed by atoms with Crippen molar-refractivity contribution in [1.82, 2.24) is 0 Å². The Hall–Kier alpha value is -0.0300. The maximum atomic E-state index is 9.87. The predicted octanol–water partition coefficient (Wildman–Crippen LogP) is 6.29. The molecule has 1 atom stereocenters. The third-order valence-electron chi connectivity index (χ3n) is 3.55. The van der Waals surface area contributed by atoms with Gasteiger partial charge in [0, 0.05) is 5.92 Å². The molecule has 0 amide bonds. The molecule has 0 saturated carbocycles. The van der Waals surface area contributed by atoms with Gasteiger partial charge in [-0.15, -0.1) is 0 Å². The average molecular weight is 359 g/mol. The van der Waals surface area contributed by atoms with E-state index in [-0.39, 0.29) is 0 Å². The zero-order valence-corrected chi connectivity index (χ0v) is 15.4. The van der Waals surface area contributed by atoms with Crippen LogP contribution in [0, 0.1) is 5.92 Å². The summed E-state index contributed by atoms with van der Waals surface area (Å²) in [4.78, 5) is 1.78. The first kappa shape index (κ1) is 24.2. The maximum absolute atomic E-state index is 10.7. The number of hydrogen-bond acceptors (Lipinski definition) is 0. The van der Waals surface area contributed by atoms with Crippen LogP contribution in [0.5, 0.6) is 0 Å². The Labute approximate surface area is 130 Å². The first-order valence-electron chi connectivity index (χ1n) is 7.89. The van der Waals surface area contributed by atoms with Gasteiger partial charge in [-0.2, -0.15) is 0 Å². The van der Waals surface area contributed by atoms with Gasteiger partial charge in [-0.3, -0.25) is 0 Å². The fraction of sp³-hybridized carbons (Fsp3) is 1.00. The van der Waals surface area contributed by atoms with Gasteiger partial charge >= 0.3 is 33.0 Å². The number of nitrogens with one attached hydrogen (secondary N) is 1. The van der Waals surface area contributed by atoms with Crippen molar-refractivity contribution in [3.8, 4) is 0 Å². The minimum atomic E-state index is -10.7. The van der Waals surface area contributed by atoms with Gasteiger partial charge in [0.2, 0.25) is 0 Å². The van der Waals surface area contributed by atoms with E-state index >= 15 is 0 Å². The van der Waals surface area contributed by atoms with E-state index in [1.54, 1.807) is 4.90 Å². The molecule has 140 valence electrons. The molecular weight excluding hydrogens is 327 g/mol. The summed E-state index contributed by atoms with van der Waals surface area (Å²) < 4.78 is 59.2. The van der Waals surface area contributed by atoms with E-state index in [0.29, 0.717) is 0 Å². The van der Waals surface area contributed by atoms with Crippen LogP contribution in [-0.2, 0) is 0 Å². The summed E-state index contributed by atoms with van der Waals surface area (Å²) in [7, 11) is -10.7. The molecule has 0 bridgehead atoms. The fourth-order valence-electron chi connectivity index (χ4n) is 2.41. The molecule has 0 fully saturated rings. The molecule has 1 N–H and O–H groups in total. The Balaban J connectivity index is 0. The van der Waals surface area contributed by atoms with Crippen LogP contribution in [0.1, 0.15) is 67.2 Å². The Bertz CT molecular complexity index is 279. The van der Waals surface area contributed by atoms with E-state index in [2.05, 4.69) is 41.5 Å².